The number of nitrogens with one attached hydrogen (secondary N) is 1. The van der Waals surface area contributed by atoms with Crippen LogP contribution in [-0.2, 0) is 18.4 Å². The summed E-state index contributed by atoms with van der Waals surface area (Å²) in [7, 11) is 3.58. The number of aliphatic imine (C=N–C) groups is 1. The van der Waals surface area contributed by atoms with Crippen molar-refractivity contribution in [2.24, 2.45) is 12.0 Å². The Kier molecular flexibility index (Phi) is 5.28. The van der Waals surface area contributed by atoms with Gasteiger partial charge in [-0.15, -0.1) is 0 Å². The highest BCUT2D eigenvalue weighted by molar-refractivity contribution is 5.98. The highest BCUT2D eigenvalue weighted by Gasteiger charge is 2.27. The highest BCUT2D eigenvalue weighted by Crippen LogP contribution is 2.16. The van der Waals surface area contributed by atoms with Crippen LogP contribution in [0.2, 0.25) is 0 Å². The summed E-state index contributed by atoms with van der Waals surface area (Å²) in [5.74, 6) is 0.751. The Bertz CT molecular complexity index is 1010. The first kappa shape index (κ1) is 18.7. The molecule has 29 heavy (non-hydrogen) atoms. The van der Waals surface area contributed by atoms with E-state index >= 15 is 0 Å². The van der Waals surface area contributed by atoms with Crippen LogP contribution in [-0.4, -0.2) is 63.0 Å². The average molecular weight is 392 g/mol. The number of hydrogen-bond acceptors (Lipinski definition) is 4. The number of benzene rings is 1. The summed E-state index contributed by atoms with van der Waals surface area (Å²) < 4.78 is 3.53. The number of hydrogen-bond donors (Lipinski definition) is 1. The zero-order valence-electron chi connectivity index (χ0n) is 16.6. The number of anilines is 1. The van der Waals surface area contributed by atoms with Crippen LogP contribution in [0.4, 0.5) is 5.69 Å². The number of aromatic nitrogens is 4. The second-order valence-electron chi connectivity index (χ2n) is 6.86. The van der Waals surface area contributed by atoms with Crippen molar-refractivity contribution in [1.29, 1.82) is 0 Å². The molecule has 0 bridgehead atoms. The van der Waals surface area contributed by atoms with Gasteiger partial charge in [-0.3, -0.25) is 14.5 Å². The van der Waals surface area contributed by atoms with Crippen molar-refractivity contribution < 1.29 is 4.79 Å². The minimum Gasteiger partial charge on any atom is -0.352 e. The van der Waals surface area contributed by atoms with Crippen molar-refractivity contribution in [3.05, 3.63) is 60.7 Å². The van der Waals surface area contributed by atoms with Crippen LogP contribution in [0, 0.1) is 0 Å². The van der Waals surface area contributed by atoms with Crippen LogP contribution in [0.25, 0.3) is 5.69 Å². The predicted molar refractivity (Wildman–Crippen MR) is 111 cm³/mol. The lowest BCUT2D eigenvalue weighted by molar-refractivity contribution is -0.120. The van der Waals surface area contributed by atoms with Crippen molar-refractivity contribution in [1.82, 2.24) is 29.8 Å². The first-order chi connectivity index (χ1) is 14.1. The second-order valence-corrected chi connectivity index (χ2v) is 6.86. The molecule has 9 heteroatoms. The normalized spacial score (nSPS) is 15.1. The Morgan fingerprint density at radius 3 is 2.79 bits per heavy atom. The third-order valence-electron chi connectivity index (χ3n) is 4.87. The fourth-order valence-corrected chi connectivity index (χ4v) is 3.42. The SMILES string of the molecule is CN=C(NCc1cccc(-n2cccn2)c1)N1CCN(c2cnn(C)c2)C(=O)C1. The lowest BCUT2D eigenvalue weighted by atomic mass is 10.2. The fraction of sp³-hybridized carbons (Fsp3) is 0.300. The van der Waals surface area contributed by atoms with Crippen LogP contribution in [0.5, 0.6) is 0 Å². The largest absolute Gasteiger partial charge is 0.352 e. The van der Waals surface area contributed by atoms with E-state index in [1.807, 2.05) is 47.2 Å². The van der Waals surface area contributed by atoms with Crippen LogP contribution in [0.3, 0.4) is 0 Å². The summed E-state index contributed by atoms with van der Waals surface area (Å²) in [4.78, 5) is 20.7. The maximum atomic E-state index is 12.6. The van der Waals surface area contributed by atoms with Gasteiger partial charge in [0, 0.05) is 52.3 Å². The van der Waals surface area contributed by atoms with Gasteiger partial charge in [0.05, 0.1) is 17.6 Å². The molecule has 1 saturated heterocycles. The van der Waals surface area contributed by atoms with Crippen molar-refractivity contribution in [3.8, 4) is 5.69 Å². The van der Waals surface area contributed by atoms with Gasteiger partial charge in [-0.05, 0) is 23.8 Å². The predicted octanol–water partition coefficient (Wildman–Crippen LogP) is 1.03. The van der Waals surface area contributed by atoms with Crippen molar-refractivity contribution in [2.75, 3.05) is 31.6 Å². The van der Waals surface area contributed by atoms with Gasteiger partial charge < -0.3 is 15.1 Å². The van der Waals surface area contributed by atoms with Gasteiger partial charge >= 0.3 is 0 Å². The Labute approximate surface area is 169 Å². The Balaban J connectivity index is 1.38. The molecule has 1 aliphatic heterocycles. The molecular formula is C20H24N8O. The van der Waals surface area contributed by atoms with Crippen molar-refractivity contribution in [3.63, 3.8) is 0 Å². The molecular weight excluding hydrogens is 368 g/mol. The van der Waals surface area contributed by atoms with Crippen molar-refractivity contribution >= 4 is 17.6 Å². The number of piperazine rings is 1. The van der Waals surface area contributed by atoms with E-state index in [2.05, 4.69) is 32.6 Å². The van der Waals surface area contributed by atoms with E-state index in [1.165, 1.54) is 0 Å². The molecule has 1 fully saturated rings. The summed E-state index contributed by atoms with van der Waals surface area (Å²) >= 11 is 0. The molecule has 0 unspecified atom stereocenters. The Morgan fingerprint density at radius 1 is 1.21 bits per heavy atom. The molecule has 1 N–H and O–H groups in total. The Morgan fingerprint density at radius 2 is 2.10 bits per heavy atom. The molecule has 1 amide bonds. The summed E-state index contributed by atoms with van der Waals surface area (Å²) in [6, 6.07) is 10.1. The van der Waals surface area contributed by atoms with E-state index in [1.54, 1.807) is 29.0 Å². The summed E-state index contributed by atoms with van der Waals surface area (Å²) in [5, 5.41) is 11.8. The maximum absolute atomic E-state index is 12.6. The summed E-state index contributed by atoms with van der Waals surface area (Å²) in [5.41, 5.74) is 2.94. The quantitative estimate of drug-likeness (QED) is 0.530. The summed E-state index contributed by atoms with van der Waals surface area (Å²) in [6.07, 6.45) is 7.24. The summed E-state index contributed by atoms with van der Waals surface area (Å²) in [6.45, 7) is 2.19. The molecule has 2 aromatic heterocycles. The van der Waals surface area contributed by atoms with E-state index in [0.717, 1.165) is 16.9 Å². The monoisotopic (exact) mass is 392 g/mol. The van der Waals surface area contributed by atoms with E-state index in [0.29, 0.717) is 25.6 Å². The molecule has 9 nitrogen and oxygen atoms in total. The zero-order chi connectivity index (χ0) is 20.2. The third-order valence-corrected chi connectivity index (χ3v) is 4.87. The molecule has 1 aliphatic rings. The van der Waals surface area contributed by atoms with Gasteiger partial charge in [-0.25, -0.2) is 4.68 Å². The average Bonchev–Trinajstić information content (AvgIpc) is 3.41. The number of aryl methyl sites for hydroxylation is 1. The number of carbonyl (C=O) groups is 1. The maximum Gasteiger partial charge on any atom is 0.246 e. The third kappa shape index (κ3) is 4.13. The lowest BCUT2D eigenvalue weighted by Gasteiger charge is -2.35. The first-order valence-electron chi connectivity index (χ1n) is 9.47. The number of guanidine groups is 1. The smallest absolute Gasteiger partial charge is 0.246 e. The molecule has 0 aliphatic carbocycles. The highest BCUT2D eigenvalue weighted by atomic mass is 16.2. The van der Waals surface area contributed by atoms with Crippen LogP contribution in [0.15, 0.2) is 60.1 Å². The molecule has 3 heterocycles. The molecule has 0 radical (unpaired) electrons. The number of amides is 1. The molecule has 3 aromatic rings. The second kappa shape index (κ2) is 8.17. The van der Waals surface area contributed by atoms with Gasteiger partial charge in [0.15, 0.2) is 5.96 Å². The topological polar surface area (TPSA) is 83.6 Å². The van der Waals surface area contributed by atoms with E-state index in [4.69, 9.17) is 0 Å². The van der Waals surface area contributed by atoms with Crippen LogP contribution >= 0.6 is 0 Å². The number of nitrogens with zero attached hydrogens (tertiary/aromatic N) is 7. The Hall–Kier alpha value is -3.62. The molecule has 150 valence electrons. The fourth-order valence-electron chi connectivity index (χ4n) is 3.42. The van der Waals surface area contributed by atoms with Gasteiger partial charge in [0.2, 0.25) is 5.91 Å². The van der Waals surface area contributed by atoms with Gasteiger partial charge in [0.25, 0.3) is 0 Å². The van der Waals surface area contributed by atoms with E-state index in [9.17, 15) is 4.79 Å². The molecule has 4 rings (SSSR count). The number of rotatable bonds is 4. The minimum absolute atomic E-state index is 0.0351. The van der Waals surface area contributed by atoms with Gasteiger partial charge in [-0.2, -0.15) is 10.2 Å². The standard InChI is InChI=1S/C20H24N8O/c1-21-20(22-12-16-5-3-6-17(11-16)28-8-4-7-23-28)26-9-10-27(19(29)15-26)18-13-24-25(2)14-18/h3-8,11,13-14H,9-10,12,15H2,1-2H3,(H,21,22). The van der Waals surface area contributed by atoms with E-state index < -0.39 is 0 Å². The zero-order valence-corrected chi connectivity index (χ0v) is 16.6. The van der Waals surface area contributed by atoms with E-state index in [-0.39, 0.29) is 12.5 Å². The molecule has 0 spiro atoms. The van der Waals surface area contributed by atoms with Crippen LogP contribution < -0.4 is 10.2 Å². The minimum atomic E-state index is 0.0351. The first-order valence-corrected chi connectivity index (χ1v) is 9.47. The van der Waals surface area contributed by atoms with Gasteiger partial charge in [0.1, 0.15) is 6.54 Å². The lowest BCUT2D eigenvalue weighted by Crippen LogP contribution is -2.55. The van der Waals surface area contributed by atoms with Gasteiger partial charge in [-0.1, -0.05) is 12.1 Å². The molecule has 1 aromatic carbocycles. The molecule has 0 saturated carbocycles. The molecule has 0 atom stereocenters. The van der Waals surface area contributed by atoms with Crippen LogP contribution in [0.1, 0.15) is 5.56 Å². The van der Waals surface area contributed by atoms with Crippen molar-refractivity contribution in [2.45, 2.75) is 6.54 Å². The number of carbonyl (C=O) groups excluding carboxylic acids is 1.